The molecule has 1 unspecified atom stereocenters. The quantitative estimate of drug-likeness (QED) is 0.724. The predicted molar refractivity (Wildman–Crippen MR) is 61.1 cm³/mol. The topological polar surface area (TPSA) is 67.8 Å². The Labute approximate surface area is 97.1 Å². The number of aliphatic hydroxyl groups excluding tert-OH is 1. The molecule has 16 heavy (non-hydrogen) atoms. The number of ether oxygens (including phenoxy) is 2. The van der Waals surface area contributed by atoms with Gasteiger partial charge in [-0.2, -0.15) is 0 Å². The Morgan fingerprint density at radius 1 is 1.31 bits per heavy atom. The van der Waals surface area contributed by atoms with E-state index in [0.29, 0.717) is 6.61 Å². The van der Waals surface area contributed by atoms with E-state index in [9.17, 15) is 9.90 Å². The van der Waals surface area contributed by atoms with Gasteiger partial charge in [0.2, 0.25) is 0 Å². The average Bonchev–Trinajstić information content (AvgIpc) is 1.99. The van der Waals surface area contributed by atoms with Crippen LogP contribution in [0.2, 0.25) is 0 Å². The van der Waals surface area contributed by atoms with Crippen LogP contribution < -0.4 is 5.32 Å². The van der Waals surface area contributed by atoms with E-state index in [1.54, 1.807) is 41.5 Å². The monoisotopic (exact) mass is 233 g/mol. The van der Waals surface area contributed by atoms with Gasteiger partial charge >= 0.3 is 6.09 Å². The van der Waals surface area contributed by atoms with Crippen molar-refractivity contribution in [3.05, 3.63) is 0 Å². The van der Waals surface area contributed by atoms with Crippen LogP contribution in [0, 0.1) is 0 Å². The summed E-state index contributed by atoms with van der Waals surface area (Å²) in [6, 6.07) is 0. The lowest BCUT2D eigenvalue weighted by atomic mass is 10.1. The average molecular weight is 233 g/mol. The molecule has 0 saturated heterocycles. The van der Waals surface area contributed by atoms with E-state index in [4.69, 9.17) is 9.47 Å². The minimum Gasteiger partial charge on any atom is -0.444 e. The van der Waals surface area contributed by atoms with Gasteiger partial charge in [-0.05, 0) is 41.5 Å². The molecule has 0 rings (SSSR count). The molecule has 5 nitrogen and oxygen atoms in total. The van der Waals surface area contributed by atoms with Crippen molar-refractivity contribution in [2.45, 2.75) is 59.0 Å². The first-order chi connectivity index (χ1) is 7.08. The molecule has 5 heteroatoms. The van der Waals surface area contributed by atoms with E-state index in [2.05, 4.69) is 5.32 Å². The molecule has 0 aromatic heterocycles. The van der Waals surface area contributed by atoms with Crippen molar-refractivity contribution in [2.75, 3.05) is 6.61 Å². The molecule has 0 aliphatic heterocycles. The third-order valence-electron chi connectivity index (χ3n) is 1.77. The third-order valence-corrected chi connectivity index (χ3v) is 1.77. The number of carbonyl (C=O) groups is 1. The first-order valence-corrected chi connectivity index (χ1v) is 5.39. The van der Waals surface area contributed by atoms with Gasteiger partial charge in [0.25, 0.3) is 0 Å². The number of alkyl carbamates (subject to hydrolysis) is 1. The van der Waals surface area contributed by atoms with Crippen molar-refractivity contribution in [1.29, 1.82) is 0 Å². The van der Waals surface area contributed by atoms with Crippen LogP contribution in [-0.2, 0) is 9.47 Å². The minimum absolute atomic E-state index is 0.376. The Morgan fingerprint density at radius 2 is 1.81 bits per heavy atom. The maximum Gasteiger partial charge on any atom is 0.408 e. The van der Waals surface area contributed by atoms with Gasteiger partial charge in [-0.25, -0.2) is 4.79 Å². The Balaban J connectivity index is 4.30. The second-order valence-corrected chi connectivity index (χ2v) is 5.16. The molecule has 96 valence electrons. The zero-order chi connectivity index (χ0) is 13.0. The summed E-state index contributed by atoms with van der Waals surface area (Å²) in [6.07, 6.45) is -1.64. The number of hydrogen-bond donors (Lipinski definition) is 2. The van der Waals surface area contributed by atoms with Crippen LogP contribution in [0.15, 0.2) is 0 Å². The van der Waals surface area contributed by atoms with Crippen molar-refractivity contribution < 1.29 is 19.4 Å². The molecule has 0 aromatic carbocycles. The summed E-state index contributed by atoms with van der Waals surface area (Å²) in [4.78, 5) is 11.5. The molecule has 0 aromatic rings. The molecule has 0 saturated carbocycles. The largest absolute Gasteiger partial charge is 0.444 e. The number of hydrogen-bond acceptors (Lipinski definition) is 4. The van der Waals surface area contributed by atoms with Crippen molar-refractivity contribution in [3.63, 3.8) is 0 Å². The standard InChI is InChI=1S/C11H23NO4/c1-7-15-8(13)11(5,6)12-9(14)16-10(2,3)4/h8,13H,7H2,1-6H3,(H,12,14). The summed E-state index contributed by atoms with van der Waals surface area (Å²) in [6.45, 7) is 10.8. The molecule has 0 spiro atoms. The van der Waals surface area contributed by atoms with Gasteiger partial charge in [-0.1, -0.05) is 0 Å². The minimum atomic E-state index is -1.06. The molecule has 0 aliphatic rings. The van der Waals surface area contributed by atoms with Crippen molar-refractivity contribution in [2.24, 2.45) is 0 Å². The van der Waals surface area contributed by atoms with Crippen LogP contribution in [0.4, 0.5) is 4.79 Å². The fourth-order valence-electron chi connectivity index (χ4n) is 0.995. The van der Waals surface area contributed by atoms with Crippen molar-refractivity contribution in [3.8, 4) is 0 Å². The lowest BCUT2D eigenvalue weighted by Crippen LogP contribution is -2.54. The van der Waals surface area contributed by atoms with Crippen LogP contribution in [0.3, 0.4) is 0 Å². The van der Waals surface area contributed by atoms with Gasteiger partial charge < -0.3 is 19.9 Å². The highest BCUT2D eigenvalue weighted by Gasteiger charge is 2.31. The zero-order valence-electron chi connectivity index (χ0n) is 11.0. The van der Waals surface area contributed by atoms with Gasteiger partial charge in [-0.3, -0.25) is 0 Å². The molecule has 1 atom stereocenters. The van der Waals surface area contributed by atoms with Crippen LogP contribution in [0.5, 0.6) is 0 Å². The summed E-state index contributed by atoms with van der Waals surface area (Å²) in [7, 11) is 0. The van der Waals surface area contributed by atoms with Crippen LogP contribution in [0.25, 0.3) is 0 Å². The zero-order valence-corrected chi connectivity index (χ0v) is 11.0. The summed E-state index contributed by atoms with van der Waals surface area (Å²) in [5.41, 5.74) is -1.45. The fraction of sp³-hybridized carbons (Fsp3) is 0.909. The van der Waals surface area contributed by atoms with Gasteiger partial charge in [0.05, 0.1) is 5.54 Å². The highest BCUT2D eigenvalue weighted by atomic mass is 16.6. The second-order valence-electron chi connectivity index (χ2n) is 5.16. The lowest BCUT2D eigenvalue weighted by Gasteiger charge is -2.32. The molecule has 0 heterocycles. The Morgan fingerprint density at radius 3 is 2.19 bits per heavy atom. The van der Waals surface area contributed by atoms with Crippen molar-refractivity contribution >= 4 is 6.09 Å². The Hall–Kier alpha value is -0.810. The smallest absolute Gasteiger partial charge is 0.408 e. The molecule has 0 fully saturated rings. The van der Waals surface area contributed by atoms with Gasteiger partial charge in [0.15, 0.2) is 6.29 Å². The van der Waals surface area contributed by atoms with Gasteiger partial charge in [0.1, 0.15) is 5.60 Å². The first-order valence-electron chi connectivity index (χ1n) is 5.39. The summed E-state index contributed by atoms with van der Waals surface area (Å²) in [5, 5.41) is 12.2. The molecule has 2 N–H and O–H groups in total. The number of rotatable bonds is 4. The molecule has 0 aliphatic carbocycles. The van der Waals surface area contributed by atoms with Crippen LogP contribution in [0.1, 0.15) is 41.5 Å². The van der Waals surface area contributed by atoms with E-state index in [1.807, 2.05) is 0 Å². The maximum atomic E-state index is 11.5. The van der Waals surface area contributed by atoms with E-state index in [0.717, 1.165) is 0 Å². The van der Waals surface area contributed by atoms with Crippen LogP contribution >= 0.6 is 0 Å². The molecule has 1 amide bonds. The first kappa shape index (κ1) is 15.2. The lowest BCUT2D eigenvalue weighted by molar-refractivity contribution is -0.139. The highest BCUT2D eigenvalue weighted by molar-refractivity contribution is 5.68. The Kier molecular flexibility index (Phi) is 5.22. The third kappa shape index (κ3) is 5.92. The summed E-state index contributed by atoms with van der Waals surface area (Å²) >= 11 is 0. The van der Waals surface area contributed by atoms with Crippen LogP contribution in [-0.4, -0.2) is 35.2 Å². The molecular formula is C11H23NO4. The predicted octanol–water partition coefficient (Wildman–Crippen LogP) is 1.64. The fourth-order valence-corrected chi connectivity index (χ4v) is 0.995. The van der Waals surface area contributed by atoms with Gasteiger partial charge in [-0.15, -0.1) is 0 Å². The molecular weight excluding hydrogens is 210 g/mol. The summed E-state index contributed by atoms with van der Waals surface area (Å²) in [5.74, 6) is 0. The van der Waals surface area contributed by atoms with E-state index < -0.39 is 23.5 Å². The number of aliphatic hydroxyl groups is 1. The van der Waals surface area contributed by atoms with E-state index in [1.165, 1.54) is 0 Å². The van der Waals surface area contributed by atoms with E-state index in [-0.39, 0.29) is 0 Å². The van der Waals surface area contributed by atoms with E-state index >= 15 is 0 Å². The summed E-state index contributed by atoms with van der Waals surface area (Å²) < 4.78 is 10.1. The highest BCUT2D eigenvalue weighted by Crippen LogP contribution is 2.13. The number of nitrogens with one attached hydrogen (secondary N) is 1. The van der Waals surface area contributed by atoms with Crippen molar-refractivity contribution in [1.82, 2.24) is 5.32 Å². The molecule has 0 radical (unpaired) electrons. The SMILES string of the molecule is CCOC(O)C(C)(C)NC(=O)OC(C)(C)C. The number of carbonyl (C=O) groups excluding carboxylic acids is 1. The molecule has 0 bridgehead atoms. The maximum absolute atomic E-state index is 11.5. The normalized spacial score (nSPS) is 14.4. The number of amides is 1. The Bertz CT molecular complexity index is 233. The van der Waals surface area contributed by atoms with Gasteiger partial charge in [0, 0.05) is 6.61 Å². The second kappa shape index (κ2) is 5.50.